The van der Waals surface area contributed by atoms with Gasteiger partial charge >= 0.3 is 0 Å². The first-order valence-corrected chi connectivity index (χ1v) is 8.94. The molecule has 1 aliphatic heterocycles. The standard InChI is InChI=1S/C18H23ClN4O2/c1-12(2)16-18(24)23(13(3)22-8-10-25-11-9-22)21-17(20-16)14-6-4-5-7-15(14)19/h4-7,12-13H,8-11H2,1-3H3. The number of halogens is 1. The van der Waals surface area contributed by atoms with Crippen LogP contribution >= 0.6 is 11.6 Å². The Morgan fingerprint density at radius 3 is 2.48 bits per heavy atom. The molecule has 2 aromatic rings. The van der Waals surface area contributed by atoms with E-state index in [1.165, 1.54) is 4.68 Å². The number of hydrogen-bond acceptors (Lipinski definition) is 5. The van der Waals surface area contributed by atoms with Gasteiger partial charge in [-0.3, -0.25) is 9.69 Å². The van der Waals surface area contributed by atoms with Crippen molar-refractivity contribution in [1.82, 2.24) is 19.7 Å². The third kappa shape index (κ3) is 3.76. The molecular formula is C18H23ClN4O2. The number of hydrogen-bond donors (Lipinski definition) is 0. The summed E-state index contributed by atoms with van der Waals surface area (Å²) in [5, 5.41) is 5.12. The van der Waals surface area contributed by atoms with Gasteiger partial charge in [0.15, 0.2) is 5.82 Å². The van der Waals surface area contributed by atoms with Crippen LogP contribution in [-0.4, -0.2) is 46.0 Å². The van der Waals surface area contributed by atoms with Crippen LogP contribution in [0.1, 0.15) is 38.5 Å². The van der Waals surface area contributed by atoms with E-state index in [9.17, 15) is 4.79 Å². The molecule has 0 radical (unpaired) electrons. The summed E-state index contributed by atoms with van der Waals surface area (Å²) >= 11 is 6.32. The summed E-state index contributed by atoms with van der Waals surface area (Å²) in [7, 11) is 0. The average molecular weight is 363 g/mol. The van der Waals surface area contributed by atoms with Crippen molar-refractivity contribution in [3.63, 3.8) is 0 Å². The highest BCUT2D eigenvalue weighted by atomic mass is 35.5. The molecule has 1 aromatic carbocycles. The molecule has 1 saturated heterocycles. The first-order chi connectivity index (χ1) is 12.0. The number of aromatic nitrogens is 3. The Balaban J connectivity index is 2.11. The van der Waals surface area contributed by atoms with Gasteiger partial charge in [-0.05, 0) is 19.1 Å². The van der Waals surface area contributed by atoms with Gasteiger partial charge in [-0.15, -0.1) is 5.10 Å². The number of morpholine rings is 1. The van der Waals surface area contributed by atoms with E-state index in [0.717, 1.165) is 18.7 Å². The number of ether oxygens (including phenoxy) is 1. The van der Waals surface area contributed by atoms with E-state index in [2.05, 4.69) is 15.0 Å². The van der Waals surface area contributed by atoms with Crippen LogP contribution in [0.5, 0.6) is 0 Å². The molecule has 1 unspecified atom stereocenters. The van der Waals surface area contributed by atoms with Crippen molar-refractivity contribution in [3.8, 4) is 11.4 Å². The molecule has 1 atom stereocenters. The fourth-order valence-electron chi connectivity index (χ4n) is 2.94. The van der Waals surface area contributed by atoms with Gasteiger partial charge in [0.2, 0.25) is 0 Å². The summed E-state index contributed by atoms with van der Waals surface area (Å²) < 4.78 is 6.94. The zero-order valence-corrected chi connectivity index (χ0v) is 15.5. The third-order valence-electron chi connectivity index (χ3n) is 4.45. The van der Waals surface area contributed by atoms with Gasteiger partial charge in [0.25, 0.3) is 5.56 Å². The molecule has 134 valence electrons. The lowest BCUT2D eigenvalue weighted by Gasteiger charge is -2.32. The summed E-state index contributed by atoms with van der Waals surface area (Å²) in [6.07, 6.45) is -0.168. The molecule has 6 nitrogen and oxygen atoms in total. The van der Waals surface area contributed by atoms with Gasteiger partial charge < -0.3 is 4.74 Å². The maximum absolute atomic E-state index is 12.9. The molecule has 7 heteroatoms. The normalized spacial score (nSPS) is 17.0. The summed E-state index contributed by atoms with van der Waals surface area (Å²) in [4.78, 5) is 19.6. The van der Waals surface area contributed by atoms with Crippen molar-refractivity contribution in [2.45, 2.75) is 32.9 Å². The van der Waals surface area contributed by atoms with E-state index < -0.39 is 0 Å². The largest absolute Gasteiger partial charge is 0.379 e. The Morgan fingerprint density at radius 1 is 1.16 bits per heavy atom. The highest BCUT2D eigenvalue weighted by molar-refractivity contribution is 6.33. The topological polar surface area (TPSA) is 60.3 Å². The van der Waals surface area contributed by atoms with Crippen molar-refractivity contribution in [2.75, 3.05) is 26.3 Å². The zero-order valence-electron chi connectivity index (χ0n) is 14.8. The van der Waals surface area contributed by atoms with Gasteiger partial charge in [-0.1, -0.05) is 37.6 Å². The fraction of sp³-hybridized carbons (Fsp3) is 0.500. The van der Waals surface area contributed by atoms with Crippen molar-refractivity contribution in [2.24, 2.45) is 0 Å². The Hall–Kier alpha value is -1.76. The van der Waals surface area contributed by atoms with Crippen molar-refractivity contribution in [1.29, 1.82) is 0 Å². The van der Waals surface area contributed by atoms with Crippen LogP contribution in [-0.2, 0) is 4.74 Å². The minimum absolute atomic E-state index is 0.000114. The highest BCUT2D eigenvalue weighted by Gasteiger charge is 2.24. The average Bonchev–Trinajstić information content (AvgIpc) is 2.62. The lowest BCUT2D eigenvalue weighted by molar-refractivity contribution is -0.000993. The van der Waals surface area contributed by atoms with Gasteiger partial charge in [0, 0.05) is 24.6 Å². The van der Waals surface area contributed by atoms with E-state index in [1.54, 1.807) is 6.07 Å². The Kier molecular flexibility index (Phi) is 5.51. The molecule has 1 aromatic heterocycles. The van der Waals surface area contributed by atoms with Crippen LogP contribution < -0.4 is 5.56 Å². The van der Waals surface area contributed by atoms with Gasteiger partial charge in [0.1, 0.15) is 11.9 Å². The maximum atomic E-state index is 12.9. The predicted molar refractivity (Wildman–Crippen MR) is 97.9 cm³/mol. The molecule has 0 bridgehead atoms. The van der Waals surface area contributed by atoms with E-state index in [-0.39, 0.29) is 17.6 Å². The fourth-order valence-corrected chi connectivity index (χ4v) is 3.16. The number of benzene rings is 1. The molecular weight excluding hydrogens is 340 g/mol. The lowest BCUT2D eigenvalue weighted by Crippen LogP contribution is -2.44. The quantitative estimate of drug-likeness (QED) is 0.836. The lowest BCUT2D eigenvalue weighted by atomic mass is 10.1. The maximum Gasteiger partial charge on any atom is 0.290 e. The molecule has 0 saturated carbocycles. The van der Waals surface area contributed by atoms with E-state index in [0.29, 0.717) is 29.8 Å². The Bertz CT molecular complexity index is 800. The minimum atomic E-state index is -0.168. The smallest absolute Gasteiger partial charge is 0.290 e. The first-order valence-electron chi connectivity index (χ1n) is 8.56. The second kappa shape index (κ2) is 7.64. The molecule has 0 spiro atoms. The van der Waals surface area contributed by atoms with Crippen LogP contribution in [0.25, 0.3) is 11.4 Å². The molecule has 2 heterocycles. The van der Waals surface area contributed by atoms with Crippen LogP contribution in [0.15, 0.2) is 29.1 Å². The second-order valence-electron chi connectivity index (χ2n) is 6.49. The molecule has 0 aliphatic carbocycles. The summed E-state index contributed by atoms with van der Waals surface area (Å²) in [6, 6.07) is 7.42. The first kappa shape index (κ1) is 18.0. The van der Waals surface area contributed by atoms with E-state index >= 15 is 0 Å². The Morgan fingerprint density at radius 2 is 1.84 bits per heavy atom. The summed E-state index contributed by atoms with van der Waals surface area (Å²) in [5.41, 5.74) is 1.09. The molecule has 3 rings (SSSR count). The third-order valence-corrected chi connectivity index (χ3v) is 4.78. The van der Waals surface area contributed by atoms with Gasteiger partial charge in [-0.25, -0.2) is 9.67 Å². The second-order valence-corrected chi connectivity index (χ2v) is 6.89. The molecule has 1 fully saturated rings. The number of nitrogens with zero attached hydrogens (tertiary/aromatic N) is 4. The van der Waals surface area contributed by atoms with Crippen LogP contribution in [0.2, 0.25) is 5.02 Å². The van der Waals surface area contributed by atoms with Crippen LogP contribution in [0.4, 0.5) is 0 Å². The van der Waals surface area contributed by atoms with Crippen LogP contribution in [0, 0.1) is 0 Å². The van der Waals surface area contributed by atoms with E-state index in [4.69, 9.17) is 16.3 Å². The number of rotatable bonds is 4. The highest BCUT2D eigenvalue weighted by Crippen LogP contribution is 2.25. The van der Waals surface area contributed by atoms with Crippen molar-refractivity contribution in [3.05, 3.63) is 45.3 Å². The summed E-state index contributed by atoms with van der Waals surface area (Å²) in [6.45, 7) is 8.79. The van der Waals surface area contributed by atoms with Crippen molar-refractivity contribution < 1.29 is 4.74 Å². The van der Waals surface area contributed by atoms with Crippen molar-refractivity contribution >= 4 is 11.6 Å². The zero-order chi connectivity index (χ0) is 18.0. The molecule has 0 N–H and O–H groups in total. The predicted octanol–water partition coefficient (Wildman–Crippen LogP) is 2.93. The summed E-state index contributed by atoms with van der Waals surface area (Å²) in [5.74, 6) is 0.480. The van der Waals surface area contributed by atoms with E-state index in [1.807, 2.05) is 39.0 Å². The molecule has 0 amide bonds. The van der Waals surface area contributed by atoms with Crippen LogP contribution in [0.3, 0.4) is 0 Å². The minimum Gasteiger partial charge on any atom is -0.379 e. The molecule has 25 heavy (non-hydrogen) atoms. The Labute approximate surface area is 152 Å². The molecule has 1 aliphatic rings. The SMILES string of the molecule is CC(C)c1nc(-c2ccccc2Cl)nn(C(C)N2CCOCC2)c1=O. The van der Waals surface area contributed by atoms with Gasteiger partial charge in [0.05, 0.1) is 18.2 Å². The van der Waals surface area contributed by atoms with Gasteiger partial charge in [-0.2, -0.15) is 0 Å². The monoisotopic (exact) mass is 362 g/mol.